The highest BCUT2D eigenvalue weighted by Gasteiger charge is 2.37. The molecule has 0 atom stereocenters. The van der Waals surface area contributed by atoms with E-state index in [1.54, 1.807) is 0 Å². The predicted molar refractivity (Wildman–Crippen MR) is 147 cm³/mol. The van der Waals surface area contributed by atoms with Crippen molar-refractivity contribution < 1.29 is 0 Å². The normalized spacial score (nSPS) is 14.1. The zero-order valence-electron chi connectivity index (χ0n) is 19.0. The maximum atomic E-state index is 3.58. The van der Waals surface area contributed by atoms with Crippen molar-refractivity contribution in [1.82, 2.24) is 4.98 Å². The van der Waals surface area contributed by atoms with E-state index in [1.807, 2.05) is 0 Å². The van der Waals surface area contributed by atoms with Crippen molar-refractivity contribution in [2.24, 2.45) is 0 Å². The number of hydrogen-bond donors (Lipinski definition) is 1. The lowest BCUT2D eigenvalue weighted by atomic mass is 9.92. The average molecular weight is 444 g/mol. The largest absolute Gasteiger partial charge is 0.355 e. The Morgan fingerprint density at radius 2 is 0.857 bits per heavy atom. The van der Waals surface area contributed by atoms with E-state index in [-0.39, 0.29) is 0 Å². The molecule has 1 heterocycles. The molecule has 2 aliphatic rings. The molecule has 1 heteroatoms. The Morgan fingerprint density at radius 1 is 0.343 bits per heavy atom. The third-order valence-corrected chi connectivity index (χ3v) is 7.54. The molecule has 162 valence electrons. The van der Waals surface area contributed by atoms with Gasteiger partial charge in [0.1, 0.15) is 0 Å². The highest BCUT2D eigenvalue weighted by Crippen LogP contribution is 2.58. The molecule has 2 aliphatic carbocycles. The minimum atomic E-state index is 1.18. The van der Waals surface area contributed by atoms with Gasteiger partial charge in [-0.1, -0.05) is 103 Å². The summed E-state index contributed by atoms with van der Waals surface area (Å²) < 4.78 is 0. The van der Waals surface area contributed by atoms with E-state index in [4.69, 9.17) is 0 Å². The second-order valence-corrected chi connectivity index (χ2v) is 9.39. The first-order chi connectivity index (χ1) is 17.4. The summed E-state index contributed by atoms with van der Waals surface area (Å²) in [7, 11) is 0. The Bertz CT molecular complexity index is 1880. The smallest absolute Gasteiger partial charge is 0.0465 e. The fourth-order valence-corrected chi connectivity index (χ4v) is 6.10. The van der Waals surface area contributed by atoms with Crippen molar-refractivity contribution in [2.75, 3.05) is 0 Å². The molecule has 0 amide bonds. The van der Waals surface area contributed by atoms with Crippen molar-refractivity contribution in [1.29, 1.82) is 0 Å². The van der Waals surface area contributed by atoms with Gasteiger partial charge < -0.3 is 4.98 Å². The zero-order valence-corrected chi connectivity index (χ0v) is 19.0. The molecule has 1 nitrogen and oxygen atoms in total. The van der Waals surface area contributed by atoms with Crippen molar-refractivity contribution in [3.05, 3.63) is 155 Å². The van der Waals surface area contributed by atoms with Crippen molar-refractivity contribution in [3.63, 3.8) is 0 Å². The summed E-state index contributed by atoms with van der Waals surface area (Å²) in [4.78, 5) is 3.58. The number of benzene rings is 5. The molecule has 8 rings (SSSR count). The van der Waals surface area contributed by atoms with E-state index in [0.717, 1.165) is 0 Å². The number of aromatic amines is 1. The van der Waals surface area contributed by atoms with Crippen molar-refractivity contribution in [2.45, 2.75) is 0 Å². The van der Waals surface area contributed by atoms with Gasteiger partial charge in [0.05, 0.1) is 0 Å². The Kier molecular flexibility index (Phi) is 3.72. The second kappa shape index (κ2) is 6.94. The molecule has 0 bridgehead atoms. The molecule has 0 saturated heterocycles. The molecule has 1 N–H and O–H groups in total. The fourth-order valence-electron chi connectivity index (χ4n) is 6.10. The number of aromatic nitrogens is 1. The molecule has 6 aromatic rings. The second-order valence-electron chi connectivity index (χ2n) is 9.39. The SMILES string of the molecule is c1ccc(C2=C3C(=C(c4ccc5[nH]c6ccccc6c5c4)c4ccccc43)c3ccccc32)cc1. The molecule has 0 fully saturated rings. The molecule has 0 unspecified atom stereocenters. The lowest BCUT2D eigenvalue weighted by molar-refractivity contribution is 1.52. The summed E-state index contributed by atoms with van der Waals surface area (Å²) in [5.74, 6) is 0. The Labute approximate surface area is 203 Å². The summed E-state index contributed by atoms with van der Waals surface area (Å²) in [6.07, 6.45) is 0. The van der Waals surface area contributed by atoms with Crippen LogP contribution in [0.1, 0.15) is 33.4 Å². The lowest BCUT2D eigenvalue weighted by Crippen LogP contribution is -1.92. The van der Waals surface area contributed by atoms with Gasteiger partial charge in [0, 0.05) is 21.8 Å². The van der Waals surface area contributed by atoms with Crippen LogP contribution in [0.4, 0.5) is 0 Å². The zero-order chi connectivity index (χ0) is 22.9. The van der Waals surface area contributed by atoms with Crippen molar-refractivity contribution in [3.8, 4) is 0 Å². The molecule has 5 aromatic carbocycles. The predicted octanol–water partition coefficient (Wildman–Crippen LogP) is 8.57. The summed E-state index contributed by atoms with van der Waals surface area (Å²) >= 11 is 0. The quantitative estimate of drug-likeness (QED) is 0.276. The van der Waals surface area contributed by atoms with E-state index in [9.17, 15) is 0 Å². The molecule has 0 saturated carbocycles. The van der Waals surface area contributed by atoms with Crippen LogP contribution in [0.2, 0.25) is 0 Å². The average Bonchev–Trinajstić information content (AvgIpc) is 3.56. The minimum Gasteiger partial charge on any atom is -0.355 e. The van der Waals surface area contributed by atoms with Crippen LogP contribution in [0, 0.1) is 0 Å². The number of allylic oxidation sites excluding steroid dienone is 2. The van der Waals surface area contributed by atoms with Gasteiger partial charge in [0.2, 0.25) is 0 Å². The molecule has 0 radical (unpaired) electrons. The van der Waals surface area contributed by atoms with Gasteiger partial charge in [-0.2, -0.15) is 0 Å². The maximum Gasteiger partial charge on any atom is 0.0465 e. The number of rotatable bonds is 2. The van der Waals surface area contributed by atoms with Crippen LogP contribution in [0.5, 0.6) is 0 Å². The van der Waals surface area contributed by atoms with Crippen LogP contribution < -0.4 is 0 Å². The molecular weight excluding hydrogens is 422 g/mol. The number of H-pyrrole nitrogens is 1. The van der Waals surface area contributed by atoms with Gasteiger partial charge in [-0.25, -0.2) is 0 Å². The first kappa shape index (κ1) is 18.8. The Hall–Kier alpha value is -4.62. The first-order valence-electron chi connectivity index (χ1n) is 12.1. The van der Waals surface area contributed by atoms with E-state index >= 15 is 0 Å². The Morgan fingerprint density at radius 3 is 1.54 bits per heavy atom. The molecule has 0 aliphatic heterocycles. The summed E-state index contributed by atoms with van der Waals surface area (Å²) in [5.41, 5.74) is 15.6. The van der Waals surface area contributed by atoms with E-state index in [1.165, 1.54) is 77.5 Å². The fraction of sp³-hybridized carbons (Fsp3) is 0. The van der Waals surface area contributed by atoms with Gasteiger partial charge >= 0.3 is 0 Å². The Balaban J connectivity index is 1.50. The number of fused-ring (bicyclic) bond motifs is 8. The standard InChI is InChI=1S/C34H21N/c1-2-10-21(11-3-1)31-24-13-4-6-15-26(24)34-32(25-14-5-7-16-27(25)33(31)34)22-18-19-30-28(20-22)23-12-8-9-17-29(23)35-30/h1-20,35H. The number of nitrogens with one attached hydrogen (secondary N) is 1. The van der Waals surface area contributed by atoms with E-state index < -0.39 is 0 Å². The monoisotopic (exact) mass is 443 g/mol. The van der Waals surface area contributed by atoms with Gasteiger partial charge in [0.25, 0.3) is 0 Å². The maximum absolute atomic E-state index is 3.58. The minimum absolute atomic E-state index is 1.18. The van der Waals surface area contributed by atoms with E-state index in [2.05, 4.69) is 126 Å². The summed E-state index contributed by atoms with van der Waals surface area (Å²) in [6, 6.07) is 44.1. The lowest BCUT2D eigenvalue weighted by Gasteiger charge is -2.11. The molecule has 35 heavy (non-hydrogen) atoms. The first-order valence-corrected chi connectivity index (χ1v) is 12.1. The van der Waals surface area contributed by atoms with E-state index in [0.29, 0.717) is 0 Å². The summed E-state index contributed by atoms with van der Waals surface area (Å²) in [6.45, 7) is 0. The highest BCUT2D eigenvalue weighted by molar-refractivity contribution is 6.35. The van der Waals surface area contributed by atoms with Crippen LogP contribution in [-0.4, -0.2) is 4.98 Å². The van der Waals surface area contributed by atoms with Crippen LogP contribution in [0.15, 0.2) is 121 Å². The van der Waals surface area contributed by atoms with Gasteiger partial charge in [-0.05, 0) is 73.9 Å². The van der Waals surface area contributed by atoms with Gasteiger partial charge in [0.15, 0.2) is 0 Å². The van der Waals surface area contributed by atoms with Crippen LogP contribution in [0.25, 0.3) is 44.1 Å². The summed E-state index contributed by atoms with van der Waals surface area (Å²) in [5, 5.41) is 2.55. The number of para-hydroxylation sites is 1. The molecule has 1 aromatic heterocycles. The molecular formula is C34H21N. The van der Waals surface area contributed by atoms with Crippen LogP contribution in [-0.2, 0) is 0 Å². The van der Waals surface area contributed by atoms with Crippen LogP contribution in [0.3, 0.4) is 0 Å². The van der Waals surface area contributed by atoms with Gasteiger partial charge in [-0.3, -0.25) is 0 Å². The topological polar surface area (TPSA) is 15.8 Å². The van der Waals surface area contributed by atoms with Crippen molar-refractivity contribution >= 4 is 44.1 Å². The van der Waals surface area contributed by atoms with Crippen LogP contribution >= 0.6 is 0 Å². The molecule has 0 spiro atoms. The number of hydrogen-bond acceptors (Lipinski definition) is 0. The highest BCUT2D eigenvalue weighted by atomic mass is 14.7. The third-order valence-electron chi connectivity index (χ3n) is 7.54. The third kappa shape index (κ3) is 2.53. The van der Waals surface area contributed by atoms with Gasteiger partial charge in [-0.15, -0.1) is 0 Å².